The summed E-state index contributed by atoms with van der Waals surface area (Å²) in [4.78, 5) is 42.9. The van der Waals surface area contributed by atoms with Crippen LogP contribution in [0.3, 0.4) is 0 Å². The number of hydrogen-bond acceptors (Lipinski definition) is 7. The molecule has 9 heteroatoms. The van der Waals surface area contributed by atoms with Gasteiger partial charge in [0.15, 0.2) is 11.4 Å². The van der Waals surface area contributed by atoms with Gasteiger partial charge in [0, 0.05) is 36.2 Å². The zero-order valence-electron chi connectivity index (χ0n) is 21.1. The van der Waals surface area contributed by atoms with Gasteiger partial charge in [-0.1, -0.05) is 36.4 Å². The van der Waals surface area contributed by atoms with Crippen molar-refractivity contribution in [2.24, 2.45) is 0 Å². The molecule has 0 spiro atoms. The molecule has 0 bridgehead atoms. The SMILES string of the molecule is COC(=O)C1(NC(=O)c2nccc(-c3ccc(C(=O)NC4CCNCC4)cc3)c2O)Cc2ccccc2C1. The van der Waals surface area contributed by atoms with E-state index in [0.29, 0.717) is 16.7 Å². The minimum atomic E-state index is -1.29. The molecule has 0 saturated carbocycles. The van der Waals surface area contributed by atoms with Gasteiger partial charge in [0.05, 0.1) is 7.11 Å². The number of piperidine rings is 1. The molecule has 0 atom stereocenters. The number of esters is 1. The molecule has 0 unspecified atom stereocenters. The molecule has 1 saturated heterocycles. The monoisotopic (exact) mass is 514 g/mol. The molecule has 0 radical (unpaired) electrons. The summed E-state index contributed by atoms with van der Waals surface area (Å²) >= 11 is 0. The summed E-state index contributed by atoms with van der Waals surface area (Å²) in [7, 11) is 1.28. The first-order chi connectivity index (χ1) is 18.4. The molecular formula is C29H30N4O5. The Bertz CT molecular complexity index is 1340. The van der Waals surface area contributed by atoms with E-state index in [4.69, 9.17) is 4.74 Å². The topological polar surface area (TPSA) is 130 Å². The number of pyridine rings is 1. The molecule has 2 aliphatic rings. The van der Waals surface area contributed by atoms with E-state index in [-0.39, 0.29) is 36.2 Å². The fourth-order valence-electron chi connectivity index (χ4n) is 5.26. The van der Waals surface area contributed by atoms with Gasteiger partial charge >= 0.3 is 5.97 Å². The molecule has 2 aromatic carbocycles. The molecule has 38 heavy (non-hydrogen) atoms. The van der Waals surface area contributed by atoms with E-state index in [1.807, 2.05) is 24.3 Å². The van der Waals surface area contributed by atoms with Crippen molar-refractivity contribution in [3.05, 3.63) is 83.2 Å². The number of fused-ring (bicyclic) bond motifs is 1. The second-order valence-corrected chi connectivity index (χ2v) is 9.78. The van der Waals surface area contributed by atoms with Crippen molar-refractivity contribution in [1.82, 2.24) is 20.9 Å². The number of amides is 2. The normalized spacial score (nSPS) is 16.3. The smallest absolute Gasteiger partial charge is 0.332 e. The van der Waals surface area contributed by atoms with E-state index in [0.717, 1.165) is 37.1 Å². The maximum atomic E-state index is 13.3. The summed E-state index contributed by atoms with van der Waals surface area (Å²) in [6, 6.07) is 16.2. The number of aromatic hydroxyl groups is 1. The van der Waals surface area contributed by atoms with Gasteiger partial charge in [-0.05, 0) is 60.8 Å². The third-order valence-corrected chi connectivity index (χ3v) is 7.30. The Labute approximate surface area is 220 Å². The first-order valence-corrected chi connectivity index (χ1v) is 12.7. The van der Waals surface area contributed by atoms with E-state index >= 15 is 0 Å². The van der Waals surface area contributed by atoms with Crippen molar-refractivity contribution in [3.8, 4) is 16.9 Å². The lowest BCUT2D eigenvalue weighted by Gasteiger charge is -2.27. The largest absolute Gasteiger partial charge is 0.505 e. The number of methoxy groups -OCH3 is 1. The number of hydrogen-bond donors (Lipinski definition) is 4. The average molecular weight is 515 g/mol. The Balaban J connectivity index is 1.34. The molecule has 1 aromatic heterocycles. The molecule has 2 heterocycles. The molecule has 1 fully saturated rings. The number of carbonyl (C=O) groups excluding carboxylic acids is 3. The number of benzene rings is 2. The van der Waals surface area contributed by atoms with Gasteiger partial charge in [-0.3, -0.25) is 9.59 Å². The lowest BCUT2D eigenvalue weighted by molar-refractivity contribution is -0.147. The lowest BCUT2D eigenvalue weighted by Crippen LogP contribution is -2.56. The van der Waals surface area contributed by atoms with Crippen LogP contribution in [0, 0.1) is 0 Å². The van der Waals surface area contributed by atoms with E-state index in [1.165, 1.54) is 13.3 Å². The first kappa shape index (κ1) is 25.4. The zero-order chi connectivity index (χ0) is 26.7. The summed E-state index contributed by atoms with van der Waals surface area (Å²) in [5.74, 6) is -1.70. The number of ether oxygens (including phenoxy) is 1. The van der Waals surface area contributed by atoms with Crippen molar-refractivity contribution in [1.29, 1.82) is 0 Å². The summed E-state index contributed by atoms with van der Waals surface area (Å²) in [6.07, 6.45) is 3.77. The molecule has 4 N–H and O–H groups in total. The van der Waals surface area contributed by atoms with Crippen LogP contribution in [-0.2, 0) is 22.4 Å². The van der Waals surface area contributed by atoms with Crippen LogP contribution in [0.5, 0.6) is 5.75 Å². The van der Waals surface area contributed by atoms with Crippen LogP contribution in [0.15, 0.2) is 60.8 Å². The van der Waals surface area contributed by atoms with Crippen LogP contribution >= 0.6 is 0 Å². The molecule has 1 aliphatic carbocycles. The van der Waals surface area contributed by atoms with Crippen LogP contribution in [0.4, 0.5) is 0 Å². The van der Waals surface area contributed by atoms with Crippen LogP contribution in [0.1, 0.15) is 44.8 Å². The van der Waals surface area contributed by atoms with Crippen LogP contribution in [-0.4, -0.2) is 59.7 Å². The van der Waals surface area contributed by atoms with Gasteiger partial charge in [-0.15, -0.1) is 0 Å². The number of rotatable bonds is 6. The van der Waals surface area contributed by atoms with E-state index in [1.54, 1.807) is 30.3 Å². The van der Waals surface area contributed by atoms with Gasteiger partial charge in [0.2, 0.25) is 0 Å². The highest BCUT2D eigenvalue weighted by molar-refractivity contribution is 6.01. The Hall–Kier alpha value is -4.24. The molecular weight excluding hydrogens is 484 g/mol. The minimum Gasteiger partial charge on any atom is -0.505 e. The molecule has 196 valence electrons. The van der Waals surface area contributed by atoms with Crippen molar-refractivity contribution in [3.63, 3.8) is 0 Å². The highest BCUT2D eigenvalue weighted by Crippen LogP contribution is 2.34. The molecule has 5 rings (SSSR count). The second kappa shape index (κ2) is 10.6. The fourth-order valence-corrected chi connectivity index (χ4v) is 5.26. The molecule has 2 amide bonds. The van der Waals surface area contributed by atoms with E-state index < -0.39 is 17.4 Å². The maximum absolute atomic E-state index is 13.3. The minimum absolute atomic E-state index is 0.145. The zero-order valence-corrected chi connectivity index (χ0v) is 21.1. The highest BCUT2D eigenvalue weighted by Gasteiger charge is 2.46. The highest BCUT2D eigenvalue weighted by atomic mass is 16.5. The predicted molar refractivity (Wildman–Crippen MR) is 141 cm³/mol. The number of aromatic nitrogens is 1. The third-order valence-electron chi connectivity index (χ3n) is 7.30. The third kappa shape index (κ3) is 4.97. The predicted octanol–water partition coefficient (Wildman–Crippen LogP) is 2.38. The number of nitrogens with one attached hydrogen (secondary N) is 3. The van der Waals surface area contributed by atoms with Crippen molar-refractivity contribution < 1.29 is 24.2 Å². The quantitative estimate of drug-likeness (QED) is 0.372. The van der Waals surface area contributed by atoms with Gasteiger partial charge in [0.25, 0.3) is 11.8 Å². The summed E-state index contributed by atoms with van der Waals surface area (Å²) in [6.45, 7) is 1.77. The first-order valence-electron chi connectivity index (χ1n) is 12.7. The summed E-state index contributed by atoms with van der Waals surface area (Å²) in [5, 5.41) is 20.1. The van der Waals surface area contributed by atoms with Gasteiger partial charge < -0.3 is 25.8 Å². The Morgan fingerprint density at radius 1 is 0.974 bits per heavy atom. The van der Waals surface area contributed by atoms with E-state index in [9.17, 15) is 19.5 Å². The standard InChI is InChI=1S/C29H30N4O5/c1-38-28(37)29(16-20-4-2-3-5-21(20)17-29)33-27(36)24-25(34)23(12-15-31-24)18-6-8-19(9-7-18)26(35)32-22-10-13-30-14-11-22/h2-9,12,15,22,30,34H,10-11,13-14,16-17H2,1H3,(H,32,35)(H,33,36). The summed E-state index contributed by atoms with van der Waals surface area (Å²) < 4.78 is 5.03. The molecule has 3 aromatic rings. The van der Waals surface area contributed by atoms with Crippen molar-refractivity contribution in [2.75, 3.05) is 20.2 Å². The number of nitrogens with zero attached hydrogens (tertiary/aromatic N) is 1. The maximum Gasteiger partial charge on any atom is 0.332 e. The fraction of sp³-hybridized carbons (Fsp3) is 0.310. The molecule has 1 aliphatic heterocycles. The van der Waals surface area contributed by atoms with Crippen molar-refractivity contribution in [2.45, 2.75) is 37.3 Å². The van der Waals surface area contributed by atoms with E-state index in [2.05, 4.69) is 20.9 Å². The average Bonchev–Trinajstić information content (AvgIpc) is 3.32. The lowest BCUT2D eigenvalue weighted by atomic mass is 9.95. The Kier molecular flexibility index (Phi) is 7.11. The van der Waals surface area contributed by atoms with Crippen LogP contribution < -0.4 is 16.0 Å². The number of carbonyl (C=O) groups is 3. The van der Waals surface area contributed by atoms with Crippen LogP contribution in [0.2, 0.25) is 0 Å². The van der Waals surface area contributed by atoms with Gasteiger partial charge in [0.1, 0.15) is 5.54 Å². The molecule has 9 nitrogen and oxygen atoms in total. The summed E-state index contributed by atoms with van der Waals surface area (Å²) in [5.41, 5.74) is 1.93. The van der Waals surface area contributed by atoms with Crippen LogP contribution in [0.25, 0.3) is 11.1 Å². The van der Waals surface area contributed by atoms with Gasteiger partial charge in [-0.25, -0.2) is 9.78 Å². The Morgan fingerprint density at radius 3 is 2.26 bits per heavy atom. The van der Waals surface area contributed by atoms with Crippen molar-refractivity contribution >= 4 is 17.8 Å². The Morgan fingerprint density at radius 2 is 1.63 bits per heavy atom. The second-order valence-electron chi connectivity index (χ2n) is 9.78. The van der Waals surface area contributed by atoms with Gasteiger partial charge in [-0.2, -0.15) is 0 Å².